The van der Waals surface area contributed by atoms with Gasteiger partial charge in [-0.25, -0.2) is 8.42 Å². The summed E-state index contributed by atoms with van der Waals surface area (Å²) in [6, 6.07) is 9.73. The molecule has 0 bridgehead atoms. The van der Waals surface area contributed by atoms with Crippen LogP contribution in [0.3, 0.4) is 0 Å². The predicted octanol–water partition coefficient (Wildman–Crippen LogP) is 3.38. The van der Waals surface area contributed by atoms with E-state index in [4.69, 9.17) is 16.9 Å². The fourth-order valence-corrected chi connectivity index (χ4v) is 4.78. The zero-order valence-corrected chi connectivity index (χ0v) is 16.9. The van der Waals surface area contributed by atoms with Crippen LogP contribution in [0.4, 0.5) is 13.2 Å². The molecule has 0 aliphatic carbocycles. The van der Waals surface area contributed by atoms with E-state index in [0.717, 1.165) is 18.2 Å². The van der Waals surface area contributed by atoms with E-state index in [0.29, 0.717) is 0 Å². The highest BCUT2D eigenvalue weighted by Gasteiger charge is 2.33. The van der Waals surface area contributed by atoms with Crippen LogP contribution in [0.5, 0.6) is 0 Å². The number of piperazine rings is 1. The van der Waals surface area contributed by atoms with Gasteiger partial charge in [0.05, 0.1) is 21.0 Å². The van der Waals surface area contributed by atoms with E-state index >= 15 is 0 Å². The highest BCUT2D eigenvalue weighted by Crippen LogP contribution is 2.30. The molecule has 3 rings (SSSR count). The Bertz CT molecular complexity index is 1120. The zero-order valence-electron chi connectivity index (χ0n) is 15.4. The van der Waals surface area contributed by atoms with Crippen molar-refractivity contribution in [1.82, 2.24) is 9.21 Å². The molecule has 1 saturated heterocycles. The first kappa shape index (κ1) is 22.1. The molecule has 1 aliphatic heterocycles. The van der Waals surface area contributed by atoms with Gasteiger partial charge in [-0.15, -0.1) is 0 Å². The highest BCUT2D eigenvalue weighted by atomic mass is 35.5. The lowest BCUT2D eigenvalue weighted by atomic mass is 10.1. The number of alkyl halides is 3. The number of hydrogen-bond donors (Lipinski definition) is 0. The SMILES string of the molecule is N#Cc1ccc(S(=O)(=O)N2CCN(C(=O)c3cccc(C(F)(F)F)c3)CC2)cc1Cl. The quantitative estimate of drug-likeness (QED) is 0.707. The highest BCUT2D eigenvalue weighted by molar-refractivity contribution is 7.89. The van der Waals surface area contributed by atoms with E-state index in [1.54, 1.807) is 0 Å². The van der Waals surface area contributed by atoms with Crippen LogP contribution in [0.25, 0.3) is 0 Å². The largest absolute Gasteiger partial charge is 0.416 e. The topological polar surface area (TPSA) is 81.5 Å². The summed E-state index contributed by atoms with van der Waals surface area (Å²) in [7, 11) is -3.90. The molecule has 1 fully saturated rings. The zero-order chi connectivity index (χ0) is 22.1. The van der Waals surface area contributed by atoms with E-state index in [-0.39, 0.29) is 47.2 Å². The van der Waals surface area contributed by atoms with Gasteiger partial charge in [0.1, 0.15) is 6.07 Å². The van der Waals surface area contributed by atoms with Gasteiger partial charge < -0.3 is 4.90 Å². The van der Waals surface area contributed by atoms with Gasteiger partial charge in [0.2, 0.25) is 10.0 Å². The number of amides is 1. The van der Waals surface area contributed by atoms with Crippen molar-refractivity contribution in [2.24, 2.45) is 0 Å². The Morgan fingerprint density at radius 2 is 1.73 bits per heavy atom. The van der Waals surface area contributed by atoms with Crippen LogP contribution in [0.2, 0.25) is 5.02 Å². The molecule has 0 spiro atoms. The van der Waals surface area contributed by atoms with Crippen LogP contribution >= 0.6 is 11.6 Å². The van der Waals surface area contributed by atoms with Crippen LogP contribution in [0, 0.1) is 11.3 Å². The van der Waals surface area contributed by atoms with Crippen molar-refractivity contribution in [3.05, 3.63) is 64.2 Å². The standard InChI is InChI=1S/C19H15ClF3N3O3S/c20-17-11-16(5-4-14(17)12-24)30(28,29)26-8-6-25(7-9-26)18(27)13-2-1-3-15(10-13)19(21,22)23/h1-5,10-11H,6-9H2. The number of carbonyl (C=O) groups excluding carboxylic acids is 1. The molecule has 0 unspecified atom stereocenters. The maximum Gasteiger partial charge on any atom is 0.416 e. The Morgan fingerprint density at radius 3 is 2.30 bits per heavy atom. The molecule has 0 aromatic heterocycles. The molecule has 0 radical (unpaired) electrons. The smallest absolute Gasteiger partial charge is 0.336 e. The first-order valence-electron chi connectivity index (χ1n) is 8.70. The minimum atomic E-state index is -4.56. The Balaban J connectivity index is 1.72. The van der Waals surface area contributed by atoms with Crippen LogP contribution in [-0.4, -0.2) is 49.7 Å². The molecule has 1 aliphatic rings. The van der Waals surface area contributed by atoms with Crippen molar-refractivity contribution < 1.29 is 26.4 Å². The second-order valence-electron chi connectivity index (χ2n) is 6.53. The average Bonchev–Trinajstić information content (AvgIpc) is 2.72. The van der Waals surface area contributed by atoms with E-state index in [9.17, 15) is 26.4 Å². The van der Waals surface area contributed by atoms with Crippen LogP contribution in [-0.2, 0) is 16.2 Å². The Kier molecular flexibility index (Phi) is 6.08. The molecule has 2 aromatic carbocycles. The third-order valence-electron chi connectivity index (χ3n) is 4.66. The number of sulfonamides is 1. The Labute approximate surface area is 176 Å². The summed E-state index contributed by atoms with van der Waals surface area (Å²) in [6.07, 6.45) is -4.56. The number of hydrogen-bond acceptors (Lipinski definition) is 4. The van der Waals surface area contributed by atoms with Gasteiger partial charge in [0, 0.05) is 31.7 Å². The second kappa shape index (κ2) is 8.26. The number of nitrogens with zero attached hydrogens (tertiary/aromatic N) is 3. The molecule has 2 aromatic rings. The molecule has 11 heteroatoms. The first-order chi connectivity index (χ1) is 14.0. The Morgan fingerprint density at radius 1 is 1.07 bits per heavy atom. The first-order valence-corrected chi connectivity index (χ1v) is 10.5. The molecular weight excluding hydrogens is 443 g/mol. The molecule has 30 heavy (non-hydrogen) atoms. The number of nitriles is 1. The number of halogens is 4. The minimum absolute atomic E-state index is 0.0111. The molecule has 6 nitrogen and oxygen atoms in total. The van der Waals surface area contributed by atoms with E-state index in [1.807, 2.05) is 6.07 Å². The van der Waals surface area contributed by atoms with Gasteiger partial charge in [0.15, 0.2) is 0 Å². The van der Waals surface area contributed by atoms with E-state index < -0.39 is 27.7 Å². The van der Waals surface area contributed by atoms with E-state index in [2.05, 4.69) is 0 Å². The van der Waals surface area contributed by atoms with Crippen molar-refractivity contribution in [3.8, 4) is 6.07 Å². The molecule has 0 saturated carbocycles. The number of benzene rings is 2. The summed E-state index contributed by atoms with van der Waals surface area (Å²) < 4.78 is 65.4. The second-order valence-corrected chi connectivity index (χ2v) is 8.87. The summed E-state index contributed by atoms with van der Waals surface area (Å²) in [5.41, 5.74) is -0.889. The summed E-state index contributed by atoms with van der Waals surface area (Å²) in [4.78, 5) is 13.8. The lowest BCUT2D eigenvalue weighted by Gasteiger charge is -2.34. The third-order valence-corrected chi connectivity index (χ3v) is 6.87. The number of carbonyl (C=O) groups is 1. The van der Waals surface area contributed by atoms with Crippen LogP contribution in [0.15, 0.2) is 47.4 Å². The summed E-state index contributed by atoms with van der Waals surface area (Å²) in [6.45, 7) is 0.00590. The van der Waals surface area contributed by atoms with Crippen molar-refractivity contribution in [3.63, 3.8) is 0 Å². The van der Waals surface area contributed by atoms with Gasteiger partial charge in [0.25, 0.3) is 5.91 Å². The average molecular weight is 458 g/mol. The number of rotatable bonds is 3. The monoisotopic (exact) mass is 457 g/mol. The van der Waals surface area contributed by atoms with E-state index in [1.165, 1.54) is 33.5 Å². The lowest BCUT2D eigenvalue weighted by Crippen LogP contribution is -2.50. The van der Waals surface area contributed by atoms with Crippen molar-refractivity contribution in [1.29, 1.82) is 5.26 Å². The maximum atomic E-state index is 12.9. The fourth-order valence-electron chi connectivity index (χ4n) is 3.04. The van der Waals surface area contributed by atoms with Crippen LogP contribution < -0.4 is 0 Å². The predicted molar refractivity (Wildman–Crippen MR) is 102 cm³/mol. The molecule has 0 N–H and O–H groups in total. The van der Waals surface area contributed by atoms with Crippen LogP contribution in [0.1, 0.15) is 21.5 Å². The summed E-state index contributed by atoms with van der Waals surface area (Å²) in [5, 5.41) is 8.91. The molecular formula is C19H15ClF3N3O3S. The maximum absolute atomic E-state index is 12.9. The van der Waals surface area contributed by atoms with Gasteiger partial charge in [-0.3, -0.25) is 4.79 Å². The lowest BCUT2D eigenvalue weighted by molar-refractivity contribution is -0.137. The minimum Gasteiger partial charge on any atom is -0.336 e. The van der Waals surface area contributed by atoms with Gasteiger partial charge in [-0.05, 0) is 36.4 Å². The summed E-state index contributed by atoms with van der Waals surface area (Å²) >= 11 is 5.91. The third kappa shape index (κ3) is 4.43. The Hall–Kier alpha value is -2.61. The molecule has 1 heterocycles. The van der Waals surface area contributed by atoms with Gasteiger partial charge >= 0.3 is 6.18 Å². The van der Waals surface area contributed by atoms with Crippen molar-refractivity contribution >= 4 is 27.5 Å². The van der Waals surface area contributed by atoms with Gasteiger partial charge in [-0.2, -0.15) is 22.7 Å². The molecule has 1 amide bonds. The normalized spacial score (nSPS) is 15.6. The molecule has 0 atom stereocenters. The molecule has 158 valence electrons. The fraction of sp³-hybridized carbons (Fsp3) is 0.263. The van der Waals surface area contributed by atoms with Crippen molar-refractivity contribution in [2.75, 3.05) is 26.2 Å². The summed E-state index contributed by atoms with van der Waals surface area (Å²) in [5.74, 6) is -0.598. The van der Waals surface area contributed by atoms with Gasteiger partial charge in [-0.1, -0.05) is 17.7 Å². The van der Waals surface area contributed by atoms with Crippen molar-refractivity contribution in [2.45, 2.75) is 11.1 Å².